The first-order valence-corrected chi connectivity index (χ1v) is 4.19. The van der Waals surface area contributed by atoms with Crippen molar-refractivity contribution >= 4 is 17.3 Å². The molecule has 2 N–H and O–H groups in total. The Bertz CT molecular complexity index is 136. The van der Waals surface area contributed by atoms with Crippen molar-refractivity contribution in [2.24, 2.45) is 5.92 Å². The van der Waals surface area contributed by atoms with Gasteiger partial charge in [0.2, 0.25) is 0 Å². The topological polar surface area (TPSA) is 24.1 Å². The molecule has 1 rings (SSSR count). The lowest BCUT2D eigenvalue weighted by molar-refractivity contribution is 0.789. The molecule has 1 aliphatic carbocycles. The first-order chi connectivity index (χ1) is 4.74. The van der Waals surface area contributed by atoms with Crippen LogP contribution in [-0.2, 0) is 0 Å². The fraction of sp³-hybridized carbons (Fsp3) is 0.857. The Balaban J connectivity index is 2.07. The summed E-state index contributed by atoms with van der Waals surface area (Å²) in [7, 11) is 0. The van der Waals surface area contributed by atoms with Gasteiger partial charge in [0.25, 0.3) is 0 Å². The molecule has 10 heavy (non-hydrogen) atoms. The summed E-state index contributed by atoms with van der Waals surface area (Å²) in [5.74, 6) is 0.816. The van der Waals surface area contributed by atoms with Crippen molar-refractivity contribution in [1.82, 2.24) is 10.6 Å². The van der Waals surface area contributed by atoms with E-state index in [1.54, 1.807) is 0 Å². The molecule has 2 unspecified atom stereocenters. The fourth-order valence-corrected chi connectivity index (χ4v) is 1.20. The third-order valence-electron chi connectivity index (χ3n) is 1.76. The average molecular weight is 158 g/mol. The van der Waals surface area contributed by atoms with Crippen molar-refractivity contribution in [3.05, 3.63) is 0 Å². The number of nitrogens with one attached hydrogen (secondary N) is 2. The Morgan fingerprint density at radius 1 is 1.70 bits per heavy atom. The smallest absolute Gasteiger partial charge is 0.166 e. The van der Waals surface area contributed by atoms with Crippen molar-refractivity contribution in [2.45, 2.75) is 26.3 Å². The Morgan fingerprint density at radius 3 is 2.70 bits per heavy atom. The summed E-state index contributed by atoms with van der Waals surface area (Å²) in [5.41, 5.74) is 0. The van der Waals surface area contributed by atoms with Gasteiger partial charge in [-0.1, -0.05) is 6.92 Å². The van der Waals surface area contributed by atoms with Crippen LogP contribution in [0.15, 0.2) is 0 Å². The number of hydrogen-bond donors (Lipinski definition) is 2. The average Bonchev–Trinajstić information content (AvgIpc) is 2.47. The zero-order valence-corrected chi connectivity index (χ0v) is 7.29. The predicted molar refractivity (Wildman–Crippen MR) is 47.0 cm³/mol. The van der Waals surface area contributed by atoms with Gasteiger partial charge >= 0.3 is 0 Å². The van der Waals surface area contributed by atoms with Crippen molar-refractivity contribution in [3.63, 3.8) is 0 Å². The second-order valence-electron chi connectivity index (χ2n) is 2.82. The highest BCUT2D eigenvalue weighted by molar-refractivity contribution is 7.80. The van der Waals surface area contributed by atoms with Crippen LogP contribution in [0.25, 0.3) is 0 Å². The lowest BCUT2D eigenvalue weighted by atomic mass is 10.5. The molecule has 0 spiro atoms. The molecule has 3 heteroatoms. The maximum atomic E-state index is 5.00. The lowest BCUT2D eigenvalue weighted by Crippen LogP contribution is -2.36. The van der Waals surface area contributed by atoms with Gasteiger partial charge in [-0.3, -0.25) is 0 Å². The van der Waals surface area contributed by atoms with Crippen molar-refractivity contribution in [1.29, 1.82) is 0 Å². The second kappa shape index (κ2) is 3.19. The summed E-state index contributed by atoms with van der Waals surface area (Å²) < 4.78 is 0. The third kappa shape index (κ3) is 2.14. The van der Waals surface area contributed by atoms with E-state index in [2.05, 4.69) is 17.6 Å². The van der Waals surface area contributed by atoms with E-state index in [1.165, 1.54) is 6.42 Å². The molecule has 0 aromatic rings. The van der Waals surface area contributed by atoms with E-state index in [0.717, 1.165) is 17.6 Å². The molecule has 1 saturated carbocycles. The van der Waals surface area contributed by atoms with Gasteiger partial charge in [-0.15, -0.1) is 0 Å². The van der Waals surface area contributed by atoms with Crippen LogP contribution >= 0.6 is 12.2 Å². The SMILES string of the molecule is CCNC(=S)NC1CC1C. The summed E-state index contributed by atoms with van der Waals surface area (Å²) >= 11 is 5.00. The minimum atomic E-state index is 0.645. The van der Waals surface area contributed by atoms with Crippen molar-refractivity contribution in [2.75, 3.05) is 6.54 Å². The van der Waals surface area contributed by atoms with E-state index < -0.39 is 0 Å². The predicted octanol–water partition coefficient (Wildman–Crippen LogP) is 0.879. The van der Waals surface area contributed by atoms with Crippen LogP contribution in [0, 0.1) is 5.92 Å². The quantitative estimate of drug-likeness (QED) is 0.583. The van der Waals surface area contributed by atoms with Crippen LogP contribution < -0.4 is 10.6 Å². The van der Waals surface area contributed by atoms with Gasteiger partial charge in [-0.2, -0.15) is 0 Å². The molecule has 1 fully saturated rings. The highest BCUT2D eigenvalue weighted by Crippen LogP contribution is 2.28. The third-order valence-corrected chi connectivity index (χ3v) is 2.03. The molecule has 1 aliphatic rings. The summed E-state index contributed by atoms with van der Waals surface area (Å²) in [6, 6.07) is 0.645. The van der Waals surface area contributed by atoms with Crippen LogP contribution in [0.3, 0.4) is 0 Å². The monoisotopic (exact) mass is 158 g/mol. The Morgan fingerprint density at radius 2 is 2.30 bits per heavy atom. The van der Waals surface area contributed by atoms with Gasteiger partial charge < -0.3 is 10.6 Å². The number of thiocarbonyl (C=S) groups is 1. The van der Waals surface area contributed by atoms with Gasteiger partial charge in [-0.05, 0) is 31.5 Å². The zero-order valence-electron chi connectivity index (χ0n) is 6.48. The lowest BCUT2D eigenvalue weighted by Gasteiger charge is -2.06. The molecule has 0 aromatic carbocycles. The van der Waals surface area contributed by atoms with Gasteiger partial charge in [0.1, 0.15) is 0 Å². The van der Waals surface area contributed by atoms with Crippen LogP contribution in [-0.4, -0.2) is 17.7 Å². The zero-order chi connectivity index (χ0) is 7.56. The summed E-state index contributed by atoms with van der Waals surface area (Å²) in [4.78, 5) is 0. The Kier molecular flexibility index (Phi) is 2.49. The molecular weight excluding hydrogens is 144 g/mol. The first-order valence-electron chi connectivity index (χ1n) is 3.78. The van der Waals surface area contributed by atoms with Crippen LogP contribution in [0.4, 0.5) is 0 Å². The van der Waals surface area contributed by atoms with Gasteiger partial charge in [-0.25, -0.2) is 0 Å². The van der Waals surface area contributed by atoms with Gasteiger partial charge in [0.05, 0.1) is 0 Å². The summed E-state index contributed by atoms with van der Waals surface area (Å²) in [6.07, 6.45) is 1.27. The molecule has 0 bridgehead atoms. The highest BCUT2D eigenvalue weighted by Gasteiger charge is 2.32. The normalized spacial score (nSPS) is 29.4. The second-order valence-corrected chi connectivity index (χ2v) is 3.23. The molecule has 0 aliphatic heterocycles. The van der Waals surface area contributed by atoms with E-state index in [4.69, 9.17) is 12.2 Å². The molecule has 0 amide bonds. The van der Waals surface area contributed by atoms with Crippen LogP contribution in [0.1, 0.15) is 20.3 Å². The maximum absolute atomic E-state index is 5.00. The fourth-order valence-electron chi connectivity index (χ4n) is 0.903. The molecule has 2 nitrogen and oxygen atoms in total. The molecule has 0 aromatic heterocycles. The van der Waals surface area contributed by atoms with Crippen LogP contribution in [0.5, 0.6) is 0 Å². The van der Waals surface area contributed by atoms with E-state index in [1.807, 2.05) is 6.92 Å². The van der Waals surface area contributed by atoms with E-state index in [0.29, 0.717) is 6.04 Å². The first kappa shape index (κ1) is 7.79. The standard InChI is InChI=1S/C7H14N2S/c1-3-8-7(10)9-6-4-5(6)2/h5-6H,3-4H2,1-2H3,(H2,8,9,10). The Labute approximate surface area is 67.4 Å². The van der Waals surface area contributed by atoms with E-state index in [9.17, 15) is 0 Å². The van der Waals surface area contributed by atoms with Crippen LogP contribution in [0.2, 0.25) is 0 Å². The highest BCUT2D eigenvalue weighted by atomic mass is 32.1. The molecule has 58 valence electrons. The number of rotatable bonds is 2. The van der Waals surface area contributed by atoms with Crippen molar-refractivity contribution in [3.8, 4) is 0 Å². The molecule has 0 heterocycles. The van der Waals surface area contributed by atoms with E-state index in [-0.39, 0.29) is 0 Å². The molecule has 0 radical (unpaired) electrons. The van der Waals surface area contributed by atoms with E-state index >= 15 is 0 Å². The summed E-state index contributed by atoms with van der Waals surface area (Å²) in [6.45, 7) is 5.18. The molecular formula is C7H14N2S. The largest absolute Gasteiger partial charge is 0.363 e. The molecule has 2 atom stereocenters. The minimum absolute atomic E-state index is 0.645. The maximum Gasteiger partial charge on any atom is 0.166 e. The Hall–Kier alpha value is -0.310. The number of hydrogen-bond acceptors (Lipinski definition) is 1. The molecule has 0 saturated heterocycles. The van der Waals surface area contributed by atoms with Gasteiger partial charge in [0.15, 0.2) is 5.11 Å². The summed E-state index contributed by atoms with van der Waals surface area (Å²) in [5, 5.41) is 7.09. The van der Waals surface area contributed by atoms with Crippen molar-refractivity contribution < 1.29 is 0 Å². The minimum Gasteiger partial charge on any atom is -0.363 e. The van der Waals surface area contributed by atoms with Gasteiger partial charge in [0, 0.05) is 12.6 Å².